The van der Waals surface area contributed by atoms with Gasteiger partial charge in [0, 0.05) is 19.2 Å². The molecule has 0 amide bonds. The quantitative estimate of drug-likeness (QED) is 0.845. The molecule has 0 aliphatic heterocycles. The summed E-state index contributed by atoms with van der Waals surface area (Å²) in [6, 6.07) is 10.6. The molecular formula is C14H20N4. The molecule has 0 fully saturated rings. The van der Waals surface area contributed by atoms with Crippen molar-refractivity contribution in [3.8, 4) is 0 Å². The van der Waals surface area contributed by atoms with Crippen LogP contribution in [0.15, 0.2) is 30.3 Å². The maximum Gasteiger partial charge on any atom is 0.145 e. The Bertz CT molecular complexity index is 487. The number of likely N-dealkylation sites (N-methyl/N-ethyl adjacent to an activating group) is 1. The highest BCUT2D eigenvalue weighted by atomic mass is 15.2. The van der Waals surface area contributed by atoms with Crippen molar-refractivity contribution >= 4 is 5.82 Å². The van der Waals surface area contributed by atoms with Gasteiger partial charge in [-0.25, -0.2) is 0 Å². The Morgan fingerprint density at radius 3 is 2.61 bits per heavy atom. The van der Waals surface area contributed by atoms with Gasteiger partial charge in [0.15, 0.2) is 0 Å². The van der Waals surface area contributed by atoms with Crippen molar-refractivity contribution in [3.05, 3.63) is 47.2 Å². The lowest BCUT2D eigenvalue weighted by Crippen LogP contribution is -2.20. The van der Waals surface area contributed by atoms with Crippen LogP contribution in [0.25, 0.3) is 0 Å². The normalized spacial score (nSPS) is 11.1. The number of aromatic nitrogens is 2. The summed E-state index contributed by atoms with van der Waals surface area (Å²) in [5, 5.41) is 6.85. The Hall–Kier alpha value is -1.81. The number of nitrogen functional groups attached to an aromatic ring is 1. The van der Waals surface area contributed by atoms with Crippen LogP contribution in [0.4, 0.5) is 5.82 Å². The number of hydrogen-bond acceptors (Lipinski definition) is 3. The molecule has 18 heavy (non-hydrogen) atoms. The molecule has 96 valence electrons. The van der Waals surface area contributed by atoms with Gasteiger partial charge in [0.05, 0.1) is 5.69 Å². The first-order valence-corrected chi connectivity index (χ1v) is 6.17. The number of aromatic amines is 1. The summed E-state index contributed by atoms with van der Waals surface area (Å²) in [5.41, 5.74) is 9.30. The highest BCUT2D eigenvalue weighted by Crippen LogP contribution is 2.07. The van der Waals surface area contributed by atoms with Crippen molar-refractivity contribution in [3.63, 3.8) is 0 Å². The Kier molecular flexibility index (Phi) is 3.99. The Balaban J connectivity index is 1.81. The van der Waals surface area contributed by atoms with Gasteiger partial charge in [-0.15, -0.1) is 0 Å². The Morgan fingerprint density at radius 1 is 1.28 bits per heavy atom. The number of benzene rings is 1. The number of nitrogens with one attached hydrogen (secondary N) is 1. The summed E-state index contributed by atoms with van der Waals surface area (Å²) in [4.78, 5) is 2.26. The summed E-state index contributed by atoms with van der Waals surface area (Å²) >= 11 is 0. The van der Waals surface area contributed by atoms with Crippen LogP contribution in [-0.4, -0.2) is 28.7 Å². The van der Waals surface area contributed by atoms with Crippen LogP contribution in [0.3, 0.4) is 0 Å². The fourth-order valence-electron chi connectivity index (χ4n) is 1.90. The molecule has 0 saturated carbocycles. The molecule has 0 aliphatic carbocycles. The van der Waals surface area contributed by atoms with Crippen LogP contribution < -0.4 is 5.73 Å². The zero-order chi connectivity index (χ0) is 13.0. The average molecular weight is 244 g/mol. The summed E-state index contributed by atoms with van der Waals surface area (Å²) in [5.74, 6) is 0.553. The minimum atomic E-state index is 0.553. The molecule has 1 aromatic carbocycles. The lowest BCUT2D eigenvalue weighted by molar-refractivity contribution is 0.327. The maximum absolute atomic E-state index is 5.57. The van der Waals surface area contributed by atoms with E-state index in [4.69, 9.17) is 5.73 Å². The number of nitrogens with zero attached hydrogens (tertiary/aromatic N) is 2. The zero-order valence-corrected chi connectivity index (χ0v) is 11.0. The lowest BCUT2D eigenvalue weighted by Gasteiger charge is -2.15. The van der Waals surface area contributed by atoms with Gasteiger partial charge < -0.3 is 10.6 Å². The van der Waals surface area contributed by atoms with Crippen LogP contribution in [0, 0.1) is 6.92 Å². The molecular weight excluding hydrogens is 224 g/mol. The van der Waals surface area contributed by atoms with Gasteiger partial charge in [0.1, 0.15) is 5.82 Å². The first kappa shape index (κ1) is 12.6. The van der Waals surface area contributed by atoms with Crippen molar-refractivity contribution in [2.75, 3.05) is 19.3 Å². The van der Waals surface area contributed by atoms with E-state index in [9.17, 15) is 0 Å². The van der Waals surface area contributed by atoms with Crippen molar-refractivity contribution in [2.24, 2.45) is 0 Å². The number of H-pyrrole nitrogens is 1. The lowest BCUT2D eigenvalue weighted by atomic mass is 10.1. The molecule has 0 bridgehead atoms. The van der Waals surface area contributed by atoms with Crippen LogP contribution in [0.5, 0.6) is 0 Å². The summed E-state index contributed by atoms with van der Waals surface area (Å²) in [6.45, 7) is 3.97. The minimum absolute atomic E-state index is 0.553. The van der Waals surface area contributed by atoms with E-state index in [1.165, 1.54) is 11.1 Å². The first-order chi connectivity index (χ1) is 8.63. The van der Waals surface area contributed by atoms with Crippen LogP contribution in [-0.2, 0) is 13.0 Å². The summed E-state index contributed by atoms with van der Waals surface area (Å²) in [6.07, 6.45) is 1.06. The Labute approximate surface area is 108 Å². The molecule has 4 heteroatoms. The van der Waals surface area contributed by atoms with Crippen molar-refractivity contribution < 1.29 is 0 Å². The molecule has 0 saturated heterocycles. The highest BCUT2D eigenvalue weighted by Gasteiger charge is 2.03. The monoisotopic (exact) mass is 244 g/mol. The topological polar surface area (TPSA) is 57.9 Å². The summed E-state index contributed by atoms with van der Waals surface area (Å²) in [7, 11) is 2.10. The molecule has 2 rings (SSSR count). The predicted octanol–water partition coefficient (Wildman–Crippen LogP) is 1.97. The van der Waals surface area contributed by atoms with Crippen molar-refractivity contribution in [2.45, 2.75) is 19.9 Å². The highest BCUT2D eigenvalue weighted by molar-refractivity contribution is 5.28. The molecule has 0 unspecified atom stereocenters. The van der Waals surface area contributed by atoms with Gasteiger partial charge in [-0.3, -0.25) is 5.10 Å². The second-order valence-electron chi connectivity index (χ2n) is 4.79. The van der Waals surface area contributed by atoms with E-state index in [0.717, 1.165) is 25.2 Å². The molecule has 0 atom stereocenters. The molecule has 0 radical (unpaired) electrons. The van der Waals surface area contributed by atoms with Gasteiger partial charge in [0.2, 0.25) is 0 Å². The van der Waals surface area contributed by atoms with E-state index in [2.05, 4.69) is 53.3 Å². The maximum atomic E-state index is 5.57. The van der Waals surface area contributed by atoms with E-state index in [-0.39, 0.29) is 0 Å². The molecule has 4 nitrogen and oxygen atoms in total. The van der Waals surface area contributed by atoms with Gasteiger partial charge in [-0.2, -0.15) is 5.10 Å². The minimum Gasteiger partial charge on any atom is -0.382 e. The summed E-state index contributed by atoms with van der Waals surface area (Å²) < 4.78 is 0. The molecule has 1 heterocycles. The molecule has 0 aliphatic rings. The van der Waals surface area contributed by atoms with E-state index in [1.54, 1.807) is 0 Å². The standard InChI is InChI=1S/C14H20N4/c1-11-3-5-12(6-4-11)7-8-18(2)10-13-9-14(15)17-16-13/h3-6,9H,7-8,10H2,1-2H3,(H3,15,16,17). The fraction of sp³-hybridized carbons (Fsp3) is 0.357. The van der Waals surface area contributed by atoms with Crippen LogP contribution >= 0.6 is 0 Å². The molecule has 0 spiro atoms. The van der Waals surface area contributed by atoms with Crippen molar-refractivity contribution in [1.29, 1.82) is 0 Å². The number of nitrogens with two attached hydrogens (primary N) is 1. The van der Waals surface area contributed by atoms with Crippen molar-refractivity contribution in [1.82, 2.24) is 15.1 Å². The molecule has 1 aromatic heterocycles. The SMILES string of the molecule is Cc1ccc(CCN(C)Cc2cc(N)n[nH]2)cc1. The Morgan fingerprint density at radius 2 is 2.00 bits per heavy atom. The van der Waals surface area contributed by atoms with Crippen LogP contribution in [0.2, 0.25) is 0 Å². The molecule has 3 N–H and O–H groups in total. The van der Waals surface area contributed by atoms with E-state index >= 15 is 0 Å². The van der Waals surface area contributed by atoms with E-state index < -0.39 is 0 Å². The van der Waals surface area contributed by atoms with Gasteiger partial charge >= 0.3 is 0 Å². The van der Waals surface area contributed by atoms with E-state index in [0.29, 0.717) is 5.82 Å². The first-order valence-electron chi connectivity index (χ1n) is 6.17. The average Bonchev–Trinajstić information content (AvgIpc) is 2.74. The second kappa shape index (κ2) is 5.69. The van der Waals surface area contributed by atoms with Gasteiger partial charge in [-0.05, 0) is 26.0 Å². The third kappa shape index (κ3) is 3.60. The third-order valence-corrected chi connectivity index (χ3v) is 2.99. The van der Waals surface area contributed by atoms with Gasteiger partial charge in [-0.1, -0.05) is 29.8 Å². The number of anilines is 1. The third-order valence-electron chi connectivity index (χ3n) is 2.99. The number of rotatable bonds is 5. The predicted molar refractivity (Wildman–Crippen MR) is 74.2 cm³/mol. The van der Waals surface area contributed by atoms with E-state index in [1.807, 2.05) is 6.07 Å². The number of hydrogen-bond donors (Lipinski definition) is 2. The fourth-order valence-corrected chi connectivity index (χ4v) is 1.90. The largest absolute Gasteiger partial charge is 0.382 e. The smallest absolute Gasteiger partial charge is 0.145 e. The van der Waals surface area contributed by atoms with Gasteiger partial charge in [0.25, 0.3) is 0 Å². The zero-order valence-electron chi connectivity index (χ0n) is 11.0. The molecule has 2 aromatic rings. The number of aryl methyl sites for hydroxylation is 1. The van der Waals surface area contributed by atoms with Crippen LogP contribution in [0.1, 0.15) is 16.8 Å². The second-order valence-corrected chi connectivity index (χ2v) is 4.79.